The minimum absolute atomic E-state index is 0.0178. The van der Waals surface area contributed by atoms with E-state index in [-0.39, 0.29) is 5.56 Å². The van der Waals surface area contributed by atoms with Gasteiger partial charge >= 0.3 is 0 Å². The molecule has 0 radical (unpaired) electrons. The summed E-state index contributed by atoms with van der Waals surface area (Å²) >= 11 is 3.09. The zero-order chi connectivity index (χ0) is 15.8. The molecule has 0 spiro atoms. The molecule has 0 amide bonds. The number of para-hydroxylation sites is 1. The molecular formula is C17H13N3OS2. The lowest BCUT2D eigenvalue weighted by Gasteiger charge is -2.03. The van der Waals surface area contributed by atoms with Crippen molar-refractivity contribution >= 4 is 39.0 Å². The molecule has 114 valence electrons. The highest BCUT2D eigenvalue weighted by molar-refractivity contribution is 7.98. The highest BCUT2D eigenvalue weighted by atomic mass is 32.2. The first-order valence-corrected chi connectivity index (χ1v) is 9.02. The van der Waals surface area contributed by atoms with Crippen LogP contribution in [0.1, 0.15) is 11.4 Å². The third kappa shape index (κ3) is 2.75. The van der Waals surface area contributed by atoms with Gasteiger partial charge in [-0.3, -0.25) is 9.20 Å². The summed E-state index contributed by atoms with van der Waals surface area (Å²) in [4.78, 5) is 22.1. The van der Waals surface area contributed by atoms with E-state index >= 15 is 0 Å². The number of benzene rings is 1. The number of aryl methyl sites for hydroxylation is 1. The lowest BCUT2D eigenvalue weighted by Crippen LogP contribution is -2.14. The number of thioether (sulfide) groups is 1. The summed E-state index contributed by atoms with van der Waals surface area (Å²) in [7, 11) is 0. The maximum atomic E-state index is 12.2. The molecule has 0 saturated heterocycles. The monoisotopic (exact) mass is 339 g/mol. The van der Waals surface area contributed by atoms with E-state index in [0.717, 1.165) is 32.3 Å². The highest BCUT2D eigenvalue weighted by Gasteiger charge is 2.07. The van der Waals surface area contributed by atoms with Crippen molar-refractivity contribution in [1.29, 1.82) is 0 Å². The molecule has 4 rings (SSSR count). The number of aromatic nitrogens is 3. The van der Waals surface area contributed by atoms with Crippen molar-refractivity contribution in [1.82, 2.24) is 14.4 Å². The number of pyridine rings is 1. The van der Waals surface area contributed by atoms with Gasteiger partial charge in [-0.25, -0.2) is 9.97 Å². The van der Waals surface area contributed by atoms with Gasteiger partial charge < -0.3 is 0 Å². The van der Waals surface area contributed by atoms with Crippen LogP contribution in [-0.4, -0.2) is 14.4 Å². The fourth-order valence-electron chi connectivity index (χ4n) is 2.45. The predicted molar refractivity (Wildman–Crippen MR) is 95.4 cm³/mol. The van der Waals surface area contributed by atoms with Crippen molar-refractivity contribution < 1.29 is 0 Å². The van der Waals surface area contributed by atoms with Crippen molar-refractivity contribution in [2.45, 2.75) is 17.7 Å². The molecule has 0 atom stereocenters. The van der Waals surface area contributed by atoms with E-state index < -0.39 is 0 Å². The number of rotatable bonds is 3. The molecule has 0 saturated carbocycles. The van der Waals surface area contributed by atoms with Gasteiger partial charge in [0.2, 0.25) is 0 Å². The largest absolute Gasteiger partial charge is 0.269 e. The minimum Gasteiger partial charge on any atom is -0.269 e. The van der Waals surface area contributed by atoms with Gasteiger partial charge in [-0.05, 0) is 19.1 Å². The van der Waals surface area contributed by atoms with Gasteiger partial charge in [-0.2, -0.15) is 0 Å². The van der Waals surface area contributed by atoms with Gasteiger partial charge in [-0.1, -0.05) is 24.3 Å². The van der Waals surface area contributed by atoms with Crippen LogP contribution in [0.3, 0.4) is 0 Å². The van der Waals surface area contributed by atoms with Gasteiger partial charge in [0.05, 0.1) is 16.2 Å². The lowest BCUT2D eigenvalue weighted by molar-refractivity contribution is 0.997. The predicted octanol–water partition coefficient (Wildman–Crippen LogP) is 3.90. The summed E-state index contributed by atoms with van der Waals surface area (Å²) in [5.41, 5.74) is 2.68. The molecular weight excluding hydrogens is 326 g/mol. The van der Waals surface area contributed by atoms with Gasteiger partial charge in [0.15, 0.2) is 4.96 Å². The average molecular weight is 339 g/mol. The van der Waals surface area contributed by atoms with Crippen LogP contribution in [0.2, 0.25) is 0 Å². The van der Waals surface area contributed by atoms with E-state index in [4.69, 9.17) is 0 Å². The molecule has 3 aromatic heterocycles. The summed E-state index contributed by atoms with van der Waals surface area (Å²) < 4.78 is 1.65. The first-order valence-electron chi connectivity index (χ1n) is 7.16. The van der Waals surface area contributed by atoms with Crippen LogP contribution in [-0.2, 0) is 5.75 Å². The molecule has 4 nitrogen and oxygen atoms in total. The quantitative estimate of drug-likeness (QED) is 0.531. The van der Waals surface area contributed by atoms with E-state index in [1.807, 2.05) is 42.6 Å². The Balaban J connectivity index is 1.61. The molecule has 1 aromatic carbocycles. The minimum atomic E-state index is -0.0178. The number of fused-ring (bicyclic) bond motifs is 2. The zero-order valence-corrected chi connectivity index (χ0v) is 14.0. The van der Waals surface area contributed by atoms with E-state index in [9.17, 15) is 4.79 Å². The Morgan fingerprint density at radius 1 is 1.17 bits per heavy atom. The molecule has 23 heavy (non-hydrogen) atoms. The van der Waals surface area contributed by atoms with Gasteiger partial charge in [0.1, 0.15) is 0 Å². The Morgan fingerprint density at radius 3 is 2.96 bits per heavy atom. The summed E-state index contributed by atoms with van der Waals surface area (Å²) in [6.07, 6.45) is 0. The topological polar surface area (TPSA) is 47.3 Å². The van der Waals surface area contributed by atoms with Crippen molar-refractivity contribution in [3.05, 3.63) is 69.6 Å². The fourth-order valence-corrected chi connectivity index (χ4v) is 4.11. The number of thiazole rings is 1. The summed E-state index contributed by atoms with van der Waals surface area (Å²) in [5, 5.41) is 4.02. The summed E-state index contributed by atoms with van der Waals surface area (Å²) in [6, 6.07) is 13.7. The zero-order valence-electron chi connectivity index (χ0n) is 12.4. The molecule has 3 heterocycles. The fraction of sp³-hybridized carbons (Fsp3) is 0.118. The van der Waals surface area contributed by atoms with Crippen LogP contribution in [0.4, 0.5) is 0 Å². The molecule has 0 aliphatic carbocycles. The Morgan fingerprint density at radius 2 is 2.04 bits per heavy atom. The molecule has 0 unspecified atom stereocenters. The first kappa shape index (κ1) is 14.4. The van der Waals surface area contributed by atoms with E-state index in [0.29, 0.717) is 5.75 Å². The van der Waals surface area contributed by atoms with Crippen molar-refractivity contribution in [3.63, 3.8) is 0 Å². The second kappa shape index (κ2) is 5.79. The van der Waals surface area contributed by atoms with Crippen LogP contribution in [0, 0.1) is 6.92 Å². The van der Waals surface area contributed by atoms with Crippen LogP contribution in [0.25, 0.3) is 15.9 Å². The standard InChI is InChI=1S/C17H13N3OS2/c1-11-9-23-17-18-13(8-16(21)20(11)17)10-22-15-7-6-12-4-2-3-5-14(12)19-15/h2-9H,10H2,1H3. The molecule has 0 aliphatic rings. The first-order chi connectivity index (χ1) is 11.2. The van der Waals surface area contributed by atoms with Crippen LogP contribution >= 0.6 is 23.1 Å². The van der Waals surface area contributed by atoms with Crippen LogP contribution in [0.5, 0.6) is 0 Å². The van der Waals surface area contributed by atoms with Gasteiger partial charge in [0, 0.05) is 28.3 Å². The van der Waals surface area contributed by atoms with Crippen molar-refractivity contribution in [2.24, 2.45) is 0 Å². The molecule has 0 bridgehead atoms. The number of hydrogen-bond acceptors (Lipinski definition) is 5. The maximum absolute atomic E-state index is 12.2. The summed E-state index contributed by atoms with van der Waals surface area (Å²) in [5.74, 6) is 0.633. The molecule has 6 heteroatoms. The molecule has 0 N–H and O–H groups in total. The Bertz CT molecular complexity index is 1070. The normalized spacial score (nSPS) is 11.3. The van der Waals surface area contributed by atoms with E-state index in [2.05, 4.69) is 16.0 Å². The van der Waals surface area contributed by atoms with E-state index in [1.165, 1.54) is 11.3 Å². The SMILES string of the molecule is Cc1csc2nc(CSc3ccc4ccccc4n3)cc(=O)n12. The highest BCUT2D eigenvalue weighted by Crippen LogP contribution is 2.23. The van der Waals surface area contributed by atoms with Crippen molar-refractivity contribution in [3.8, 4) is 0 Å². The Labute approximate surface area is 140 Å². The smallest absolute Gasteiger partial charge is 0.258 e. The Hall–Kier alpha value is -2.18. The average Bonchev–Trinajstić information content (AvgIpc) is 2.94. The second-order valence-corrected chi connectivity index (χ2v) is 7.04. The van der Waals surface area contributed by atoms with Gasteiger partial charge in [0.25, 0.3) is 5.56 Å². The molecule has 4 aromatic rings. The maximum Gasteiger partial charge on any atom is 0.258 e. The molecule has 0 fully saturated rings. The summed E-state index contributed by atoms with van der Waals surface area (Å²) in [6.45, 7) is 1.92. The van der Waals surface area contributed by atoms with Crippen LogP contribution < -0.4 is 5.56 Å². The van der Waals surface area contributed by atoms with Crippen LogP contribution in [0.15, 0.2) is 57.7 Å². The number of hydrogen-bond donors (Lipinski definition) is 0. The lowest BCUT2D eigenvalue weighted by atomic mass is 10.2. The van der Waals surface area contributed by atoms with E-state index in [1.54, 1.807) is 22.2 Å². The third-order valence-electron chi connectivity index (χ3n) is 3.57. The second-order valence-electron chi connectivity index (χ2n) is 5.21. The molecule has 0 aliphatic heterocycles. The van der Waals surface area contributed by atoms with Crippen molar-refractivity contribution in [2.75, 3.05) is 0 Å². The van der Waals surface area contributed by atoms with Gasteiger partial charge in [-0.15, -0.1) is 23.1 Å². The number of nitrogens with zero attached hydrogens (tertiary/aromatic N) is 3. The third-order valence-corrected chi connectivity index (χ3v) is 5.48. The Kier molecular flexibility index (Phi) is 3.63.